The molecule has 0 saturated carbocycles. The number of nitrogens with zero attached hydrogens (tertiary/aromatic N) is 1. The van der Waals surface area contributed by atoms with Gasteiger partial charge in [-0.15, -0.1) is 0 Å². The summed E-state index contributed by atoms with van der Waals surface area (Å²) in [5, 5.41) is 1.19. The van der Waals surface area contributed by atoms with Gasteiger partial charge in [0, 0.05) is 23.7 Å². The van der Waals surface area contributed by atoms with Crippen LogP contribution in [0.4, 0.5) is 5.69 Å². The molecule has 0 unspecified atom stereocenters. The van der Waals surface area contributed by atoms with Crippen LogP contribution in [0.15, 0.2) is 79.4 Å². The van der Waals surface area contributed by atoms with Crippen LogP contribution in [0.1, 0.15) is 17.0 Å². The molecule has 0 aliphatic rings. The molecule has 4 aromatic rings. The largest absolute Gasteiger partial charge is 1.00 e. The first-order chi connectivity index (χ1) is 13.3. The van der Waals surface area contributed by atoms with Gasteiger partial charge in [-0.3, -0.25) is 0 Å². The number of nitrogen functional groups attached to an aromatic ring is 1. The van der Waals surface area contributed by atoms with E-state index in [0.29, 0.717) is 0 Å². The van der Waals surface area contributed by atoms with Crippen molar-refractivity contribution in [3.05, 3.63) is 89.9 Å². The van der Waals surface area contributed by atoms with E-state index in [-0.39, 0.29) is 24.0 Å². The summed E-state index contributed by atoms with van der Waals surface area (Å²) in [6, 6.07) is 25.2. The van der Waals surface area contributed by atoms with Crippen molar-refractivity contribution in [1.29, 1.82) is 0 Å². The van der Waals surface area contributed by atoms with Crippen LogP contribution < -0.4 is 34.3 Å². The zero-order valence-electron chi connectivity index (χ0n) is 15.6. The van der Waals surface area contributed by atoms with E-state index in [9.17, 15) is 0 Å². The molecule has 142 valence electrons. The minimum atomic E-state index is 0. The summed E-state index contributed by atoms with van der Waals surface area (Å²) in [4.78, 5) is 0. The molecule has 0 amide bonds. The Balaban J connectivity index is 0.00000225. The van der Waals surface area contributed by atoms with E-state index in [4.69, 9.17) is 5.73 Å². The van der Waals surface area contributed by atoms with Crippen LogP contribution in [0, 0.1) is 0 Å². The van der Waals surface area contributed by atoms with E-state index in [0.717, 1.165) is 30.6 Å². The van der Waals surface area contributed by atoms with Crippen LogP contribution in [-0.2, 0) is 13.0 Å². The van der Waals surface area contributed by atoms with Gasteiger partial charge in [0.15, 0.2) is 6.54 Å². The van der Waals surface area contributed by atoms with Crippen molar-refractivity contribution >= 4 is 33.3 Å². The molecule has 4 rings (SSSR count). The molecular formula is C24H23IN2S. The van der Waals surface area contributed by atoms with Crippen molar-refractivity contribution in [3.63, 3.8) is 0 Å². The summed E-state index contributed by atoms with van der Waals surface area (Å²) in [6.45, 7) is 5.00. The van der Waals surface area contributed by atoms with E-state index in [1.54, 1.807) is 11.3 Å². The van der Waals surface area contributed by atoms with Crippen LogP contribution in [0.5, 0.6) is 0 Å². The summed E-state index contributed by atoms with van der Waals surface area (Å²) in [5.41, 5.74) is 12.0. The van der Waals surface area contributed by atoms with Crippen molar-refractivity contribution in [2.24, 2.45) is 0 Å². The van der Waals surface area contributed by atoms with Crippen molar-refractivity contribution in [2.75, 3.05) is 5.73 Å². The zero-order valence-corrected chi connectivity index (χ0v) is 18.6. The first kappa shape index (κ1) is 20.6. The predicted molar refractivity (Wildman–Crippen MR) is 117 cm³/mol. The number of nitrogens with two attached hydrogens (primary N) is 1. The standard InChI is InChI=1S/C24H23N2S.HI/c1-2-23-26(17-9-12-18-10-4-3-5-11-18)24-20(14-8-16-22(24)27-23)19-13-6-7-15-21(19)25;/h2-8,10-11,13-16H,1,9,12,17,25H2;1H/q+1;/p-1. The third-order valence-corrected chi connectivity index (χ3v) is 6.01. The number of anilines is 1. The van der Waals surface area contributed by atoms with Crippen molar-refractivity contribution in [2.45, 2.75) is 19.4 Å². The second-order valence-electron chi connectivity index (χ2n) is 6.62. The van der Waals surface area contributed by atoms with Gasteiger partial charge >= 0.3 is 0 Å². The Morgan fingerprint density at radius 3 is 2.36 bits per heavy atom. The van der Waals surface area contributed by atoms with Crippen LogP contribution in [0.3, 0.4) is 0 Å². The van der Waals surface area contributed by atoms with Crippen molar-refractivity contribution in [3.8, 4) is 11.1 Å². The van der Waals surface area contributed by atoms with Gasteiger partial charge in [-0.2, -0.15) is 4.57 Å². The molecule has 4 heteroatoms. The Morgan fingerprint density at radius 1 is 0.893 bits per heavy atom. The van der Waals surface area contributed by atoms with Crippen LogP contribution in [0.25, 0.3) is 27.4 Å². The minimum Gasteiger partial charge on any atom is -1.00 e. The number of hydrogen-bond acceptors (Lipinski definition) is 2. The lowest BCUT2D eigenvalue weighted by molar-refractivity contribution is -0.668. The van der Waals surface area contributed by atoms with Gasteiger partial charge in [0.1, 0.15) is 4.70 Å². The molecule has 3 aromatic carbocycles. The summed E-state index contributed by atoms with van der Waals surface area (Å²) < 4.78 is 3.67. The number of aromatic nitrogens is 1. The number of aryl methyl sites for hydroxylation is 2. The van der Waals surface area contributed by atoms with Gasteiger partial charge in [-0.05, 0) is 30.2 Å². The Bertz CT molecular complexity index is 1090. The Labute approximate surface area is 187 Å². The average Bonchev–Trinajstić information content (AvgIpc) is 3.07. The lowest BCUT2D eigenvalue weighted by Gasteiger charge is -2.06. The summed E-state index contributed by atoms with van der Waals surface area (Å²) in [6.07, 6.45) is 4.11. The molecular weight excluding hydrogens is 475 g/mol. The SMILES string of the molecule is C=Cc1sc2cccc(-c3ccccc3N)c2[n+]1CCCc1ccccc1.[I-]. The minimum absolute atomic E-state index is 0. The fraction of sp³-hybridized carbons (Fsp3) is 0.125. The van der Waals surface area contributed by atoms with Crippen LogP contribution >= 0.6 is 11.3 Å². The van der Waals surface area contributed by atoms with E-state index >= 15 is 0 Å². The maximum atomic E-state index is 6.28. The molecule has 0 atom stereocenters. The number of benzene rings is 3. The van der Waals surface area contributed by atoms with Crippen molar-refractivity contribution < 1.29 is 28.5 Å². The molecule has 2 N–H and O–H groups in total. The average molecular weight is 498 g/mol. The number of fused-ring (bicyclic) bond motifs is 1. The highest BCUT2D eigenvalue weighted by Gasteiger charge is 2.22. The molecule has 28 heavy (non-hydrogen) atoms. The Hall–Kier alpha value is -2.18. The molecule has 0 fully saturated rings. The molecule has 1 heterocycles. The molecule has 0 bridgehead atoms. The number of rotatable bonds is 6. The Morgan fingerprint density at radius 2 is 1.61 bits per heavy atom. The fourth-order valence-corrected chi connectivity index (χ4v) is 4.65. The first-order valence-electron chi connectivity index (χ1n) is 9.24. The summed E-state index contributed by atoms with van der Waals surface area (Å²) in [7, 11) is 0. The lowest BCUT2D eigenvalue weighted by atomic mass is 10.0. The zero-order chi connectivity index (χ0) is 18.6. The number of thiazole rings is 1. The van der Waals surface area contributed by atoms with E-state index in [2.05, 4.69) is 65.7 Å². The summed E-state index contributed by atoms with van der Waals surface area (Å²) in [5.74, 6) is 0. The smallest absolute Gasteiger partial charge is 0.262 e. The molecule has 0 spiro atoms. The topological polar surface area (TPSA) is 29.9 Å². The lowest BCUT2D eigenvalue weighted by Crippen LogP contribution is -3.00. The highest BCUT2D eigenvalue weighted by molar-refractivity contribution is 7.18. The molecule has 0 aliphatic carbocycles. The maximum absolute atomic E-state index is 6.28. The van der Waals surface area contributed by atoms with Gasteiger partial charge in [-0.25, -0.2) is 0 Å². The number of hydrogen-bond donors (Lipinski definition) is 1. The third-order valence-electron chi connectivity index (χ3n) is 4.87. The maximum Gasteiger partial charge on any atom is 0.262 e. The van der Waals surface area contributed by atoms with Gasteiger partial charge in [0.25, 0.3) is 5.01 Å². The van der Waals surface area contributed by atoms with Gasteiger partial charge in [-0.1, -0.05) is 72.5 Å². The monoisotopic (exact) mass is 498 g/mol. The molecule has 1 aromatic heterocycles. The Kier molecular flexibility index (Phi) is 6.86. The predicted octanol–water partition coefficient (Wildman–Crippen LogP) is 2.72. The quantitative estimate of drug-likeness (QED) is 0.247. The number of halogens is 1. The summed E-state index contributed by atoms with van der Waals surface area (Å²) >= 11 is 1.79. The third kappa shape index (κ3) is 4.13. The second kappa shape index (κ2) is 9.34. The van der Waals surface area contributed by atoms with E-state index in [1.807, 2.05) is 24.3 Å². The van der Waals surface area contributed by atoms with Crippen molar-refractivity contribution in [1.82, 2.24) is 0 Å². The number of para-hydroxylation sites is 2. The fourth-order valence-electron chi connectivity index (χ4n) is 3.58. The van der Waals surface area contributed by atoms with E-state index in [1.165, 1.54) is 26.4 Å². The highest BCUT2D eigenvalue weighted by Crippen LogP contribution is 2.33. The van der Waals surface area contributed by atoms with Gasteiger partial charge in [0.2, 0.25) is 5.52 Å². The van der Waals surface area contributed by atoms with E-state index < -0.39 is 0 Å². The first-order valence-corrected chi connectivity index (χ1v) is 10.1. The second-order valence-corrected chi connectivity index (χ2v) is 7.69. The molecule has 2 nitrogen and oxygen atoms in total. The molecule has 0 saturated heterocycles. The van der Waals surface area contributed by atoms with Gasteiger partial charge < -0.3 is 29.7 Å². The normalized spacial score (nSPS) is 10.6. The van der Waals surface area contributed by atoms with Gasteiger partial charge in [0.05, 0.1) is 5.56 Å². The molecule has 0 aliphatic heterocycles. The van der Waals surface area contributed by atoms with Crippen LogP contribution in [0.2, 0.25) is 0 Å². The molecule has 0 radical (unpaired) electrons. The highest BCUT2D eigenvalue weighted by atomic mass is 127. The van der Waals surface area contributed by atoms with Crippen LogP contribution in [-0.4, -0.2) is 0 Å².